The Hall–Kier alpha value is -2.61. The molecule has 0 radical (unpaired) electrons. The lowest BCUT2D eigenvalue weighted by Crippen LogP contribution is -2.49. The predicted octanol–water partition coefficient (Wildman–Crippen LogP) is 1.03. The normalized spacial score (nSPS) is 20.0. The van der Waals surface area contributed by atoms with E-state index in [1.165, 1.54) is 6.20 Å². The van der Waals surface area contributed by atoms with E-state index in [-0.39, 0.29) is 11.3 Å². The molecule has 0 unspecified atom stereocenters. The van der Waals surface area contributed by atoms with Gasteiger partial charge < -0.3 is 14.5 Å². The fourth-order valence-corrected chi connectivity index (χ4v) is 3.68. The highest BCUT2D eigenvalue weighted by Crippen LogP contribution is 2.35. The molecule has 2 aliphatic rings. The number of anilines is 1. The molecule has 4 rings (SSSR count). The summed E-state index contributed by atoms with van der Waals surface area (Å²) in [6, 6.07) is 1.82. The summed E-state index contributed by atoms with van der Waals surface area (Å²) in [5, 5.41) is 0. The Kier molecular flexibility index (Phi) is 4.75. The van der Waals surface area contributed by atoms with Gasteiger partial charge in [-0.2, -0.15) is 0 Å². The van der Waals surface area contributed by atoms with Crippen molar-refractivity contribution in [3.05, 3.63) is 42.7 Å². The van der Waals surface area contributed by atoms with Gasteiger partial charge in [-0.15, -0.1) is 0 Å². The molecule has 0 atom stereocenters. The van der Waals surface area contributed by atoms with Crippen LogP contribution >= 0.6 is 0 Å². The van der Waals surface area contributed by atoms with Crippen LogP contribution < -0.4 is 4.90 Å². The maximum Gasteiger partial charge on any atom is 0.274 e. The van der Waals surface area contributed by atoms with Crippen LogP contribution in [-0.2, 0) is 4.74 Å². The van der Waals surface area contributed by atoms with Crippen LogP contribution in [0, 0.1) is 5.41 Å². The molecule has 8 nitrogen and oxygen atoms in total. The Balaban J connectivity index is 1.44. The van der Waals surface area contributed by atoms with E-state index in [1.807, 2.05) is 11.0 Å². The molecule has 0 aliphatic carbocycles. The third kappa shape index (κ3) is 3.50. The average molecular weight is 354 g/mol. The largest absolute Gasteiger partial charge is 0.379 e. The molecule has 2 aromatic rings. The van der Waals surface area contributed by atoms with E-state index >= 15 is 0 Å². The molecule has 2 fully saturated rings. The lowest BCUT2D eigenvalue weighted by atomic mass is 9.78. The Morgan fingerprint density at radius 3 is 2.58 bits per heavy atom. The number of hydrogen-bond donors (Lipinski definition) is 0. The highest BCUT2D eigenvalue weighted by Gasteiger charge is 2.40. The van der Waals surface area contributed by atoms with Crippen LogP contribution in [-0.4, -0.2) is 70.1 Å². The summed E-state index contributed by atoms with van der Waals surface area (Å²) in [5.41, 5.74) is 0.425. The number of nitrogens with zero attached hydrogens (tertiary/aromatic N) is 6. The summed E-state index contributed by atoms with van der Waals surface area (Å²) in [6.45, 7) is 4.41. The number of piperidine rings is 1. The van der Waals surface area contributed by atoms with Crippen molar-refractivity contribution in [2.45, 2.75) is 12.8 Å². The van der Waals surface area contributed by atoms with E-state index in [9.17, 15) is 4.79 Å². The van der Waals surface area contributed by atoms with Crippen molar-refractivity contribution in [1.29, 1.82) is 0 Å². The fourth-order valence-electron chi connectivity index (χ4n) is 3.68. The summed E-state index contributed by atoms with van der Waals surface area (Å²) < 4.78 is 5.90. The monoisotopic (exact) mass is 354 g/mol. The van der Waals surface area contributed by atoms with Gasteiger partial charge in [-0.1, -0.05) is 0 Å². The molecule has 0 aromatic carbocycles. The van der Waals surface area contributed by atoms with Gasteiger partial charge >= 0.3 is 0 Å². The number of carbonyl (C=O) groups excluding carboxylic acids is 1. The van der Waals surface area contributed by atoms with Crippen molar-refractivity contribution < 1.29 is 9.53 Å². The molecule has 1 amide bonds. The zero-order valence-electron chi connectivity index (χ0n) is 14.6. The van der Waals surface area contributed by atoms with Gasteiger partial charge in [-0.25, -0.2) is 15.0 Å². The van der Waals surface area contributed by atoms with Crippen LogP contribution in [0.4, 0.5) is 5.95 Å². The quantitative estimate of drug-likeness (QED) is 0.796. The first-order valence-electron chi connectivity index (χ1n) is 8.91. The van der Waals surface area contributed by atoms with Crippen LogP contribution in [0.15, 0.2) is 37.1 Å². The topological polar surface area (TPSA) is 84.3 Å². The minimum absolute atomic E-state index is 0.0227. The average Bonchev–Trinajstić information content (AvgIpc) is 2.92. The lowest BCUT2D eigenvalue weighted by Gasteiger charge is -2.42. The lowest BCUT2D eigenvalue weighted by molar-refractivity contribution is 0.0205. The van der Waals surface area contributed by atoms with E-state index in [4.69, 9.17) is 4.74 Å². The highest BCUT2D eigenvalue weighted by atomic mass is 16.5. The first kappa shape index (κ1) is 16.8. The maximum absolute atomic E-state index is 12.6. The molecule has 8 heteroatoms. The number of aromatic nitrogens is 4. The minimum Gasteiger partial charge on any atom is -0.379 e. The molecule has 1 spiro atoms. The Morgan fingerprint density at radius 1 is 1.04 bits per heavy atom. The van der Waals surface area contributed by atoms with Crippen LogP contribution in [0.1, 0.15) is 23.3 Å². The molecule has 26 heavy (non-hydrogen) atoms. The fraction of sp³-hybridized carbons (Fsp3) is 0.500. The summed E-state index contributed by atoms with van der Waals surface area (Å²) in [7, 11) is 0. The van der Waals surface area contributed by atoms with Crippen LogP contribution in [0.25, 0.3) is 0 Å². The highest BCUT2D eigenvalue weighted by molar-refractivity contribution is 5.92. The molecular weight excluding hydrogens is 332 g/mol. The zero-order valence-corrected chi connectivity index (χ0v) is 14.6. The second-order valence-corrected chi connectivity index (χ2v) is 6.91. The van der Waals surface area contributed by atoms with E-state index in [0.717, 1.165) is 31.9 Å². The first-order chi connectivity index (χ1) is 12.8. The van der Waals surface area contributed by atoms with Gasteiger partial charge in [0.1, 0.15) is 5.69 Å². The van der Waals surface area contributed by atoms with Crippen LogP contribution in [0.3, 0.4) is 0 Å². The number of amides is 1. The number of ether oxygens (including phenoxy) is 1. The Bertz CT molecular complexity index is 734. The van der Waals surface area contributed by atoms with Gasteiger partial charge in [0.2, 0.25) is 5.95 Å². The van der Waals surface area contributed by atoms with Crippen molar-refractivity contribution in [3.63, 3.8) is 0 Å². The van der Waals surface area contributed by atoms with Gasteiger partial charge in [0.05, 0.1) is 19.4 Å². The zero-order chi connectivity index (χ0) is 17.8. The van der Waals surface area contributed by atoms with Crippen LogP contribution in [0.5, 0.6) is 0 Å². The molecule has 0 N–H and O–H groups in total. The van der Waals surface area contributed by atoms with E-state index < -0.39 is 0 Å². The third-order valence-electron chi connectivity index (χ3n) is 5.17. The molecule has 4 heterocycles. The third-order valence-corrected chi connectivity index (χ3v) is 5.17. The summed E-state index contributed by atoms with van der Waals surface area (Å²) >= 11 is 0. The predicted molar refractivity (Wildman–Crippen MR) is 94.7 cm³/mol. The van der Waals surface area contributed by atoms with Crippen LogP contribution in [0.2, 0.25) is 0 Å². The summed E-state index contributed by atoms with van der Waals surface area (Å²) in [5.74, 6) is 0.696. The molecule has 2 aliphatic heterocycles. The van der Waals surface area contributed by atoms with Gasteiger partial charge in [-0.05, 0) is 18.9 Å². The van der Waals surface area contributed by atoms with Crippen molar-refractivity contribution in [2.24, 2.45) is 5.41 Å². The van der Waals surface area contributed by atoms with E-state index in [0.29, 0.717) is 32.0 Å². The van der Waals surface area contributed by atoms with Crippen molar-refractivity contribution in [2.75, 3.05) is 44.3 Å². The smallest absolute Gasteiger partial charge is 0.274 e. The molecule has 2 saturated heterocycles. The molecule has 0 bridgehead atoms. The van der Waals surface area contributed by atoms with Gasteiger partial charge in [-0.3, -0.25) is 9.78 Å². The number of carbonyl (C=O) groups is 1. The minimum atomic E-state index is -0.0502. The van der Waals surface area contributed by atoms with Gasteiger partial charge in [0.15, 0.2) is 0 Å². The molecule has 2 aromatic heterocycles. The second kappa shape index (κ2) is 7.33. The van der Waals surface area contributed by atoms with E-state index in [2.05, 4.69) is 24.8 Å². The summed E-state index contributed by atoms with van der Waals surface area (Å²) in [4.78, 5) is 33.5. The number of rotatable bonds is 2. The SMILES string of the molecule is O=C(c1cnccn1)N1CCC2(CC1)COCCN(c1ncccn1)C2. The standard InChI is InChI=1S/C18H22N6O2/c25-16(15-12-19-6-7-20-15)23-8-2-18(3-9-23)13-24(10-11-26-14-18)17-21-4-1-5-22-17/h1,4-7,12H,2-3,8-11,13-14H2. The number of hydrogen-bond acceptors (Lipinski definition) is 7. The Labute approximate surface area is 152 Å². The summed E-state index contributed by atoms with van der Waals surface area (Å²) in [6.07, 6.45) is 9.97. The molecule has 0 saturated carbocycles. The van der Waals surface area contributed by atoms with E-state index in [1.54, 1.807) is 24.8 Å². The second-order valence-electron chi connectivity index (χ2n) is 6.91. The number of likely N-dealkylation sites (tertiary alicyclic amines) is 1. The van der Waals surface area contributed by atoms with Gasteiger partial charge in [0, 0.05) is 56.4 Å². The van der Waals surface area contributed by atoms with Crippen molar-refractivity contribution >= 4 is 11.9 Å². The van der Waals surface area contributed by atoms with Gasteiger partial charge in [0.25, 0.3) is 5.91 Å². The van der Waals surface area contributed by atoms with Crippen molar-refractivity contribution in [3.8, 4) is 0 Å². The first-order valence-corrected chi connectivity index (χ1v) is 8.91. The Morgan fingerprint density at radius 2 is 1.85 bits per heavy atom. The molecular formula is C18H22N6O2. The molecule has 136 valence electrons. The maximum atomic E-state index is 12.6. The van der Waals surface area contributed by atoms with Crippen molar-refractivity contribution in [1.82, 2.24) is 24.8 Å².